The molecule has 2 aromatic rings. The second kappa shape index (κ2) is 9.38. The molecule has 13 heteroatoms. The highest BCUT2D eigenvalue weighted by atomic mass is 32.2. The van der Waals surface area contributed by atoms with Crippen molar-refractivity contribution in [3.63, 3.8) is 0 Å². The van der Waals surface area contributed by atoms with E-state index < -0.39 is 39.7 Å². The Bertz CT molecular complexity index is 1070. The van der Waals surface area contributed by atoms with Crippen LogP contribution in [0.5, 0.6) is 5.75 Å². The number of anilines is 1. The van der Waals surface area contributed by atoms with Gasteiger partial charge in [0.1, 0.15) is 17.4 Å². The summed E-state index contributed by atoms with van der Waals surface area (Å²) in [5.74, 6) is -2.63. The van der Waals surface area contributed by atoms with Gasteiger partial charge in [-0.3, -0.25) is 9.69 Å². The molecule has 0 bridgehead atoms. The standard InChI is InChI=1S/C19H18F5N3O4S/c20-13-1-6-16(21)17(11-13)25-18(28)12-26-7-9-27(10-8-26)32(29,30)15-4-2-14(3-5-15)31-19(22,23)24/h1-6,11H,7-10,12H2,(H,25,28). The van der Waals surface area contributed by atoms with Crippen LogP contribution in [-0.2, 0) is 14.8 Å². The monoisotopic (exact) mass is 479 g/mol. The van der Waals surface area contributed by atoms with Crippen molar-refractivity contribution in [3.05, 3.63) is 54.1 Å². The molecule has 0 spiro atoms. The smallest absolute Gasteiger partial charge is 0.406 e. The van der Waals surface area contributed by atoms with Crippen LogP contribution in [0.1, 0.15) is 0 Å². The summed E-state index contributed by atoms with van der Waals surface area (Å²) in [4.78, 5) is 13.6. The van der Waals surface area contributed by atoms with Crippen LogP contribution in [-0.4, -0.2) is 62.6 Å². The van der Waals surface area contributed by atoms with Crippen LogP contribution in [0.4, 0.5) is 27.6 Å². The second-order valence-electron chi connectivity index (χ2n) is 6.87. The zero-order chi connectivity index (χ0) is 23.5. The first-order valence-corrected chi connectivity index (χ1v) is 10.7. The maximum absolute atomic E-state index is 13.6. The van der Waals surface area contributed by atoms with Crippen LogP contribution in [0.15, 0.2) is 47.4 Å². The summed E-state index contributed by atoms with van der Waals surface area (Å²) < 4.78 is 93.8. The van der Waals surface area contributed by atoms with Crippen molar-refractivity contribution in [2.24, 2.45) is 0 Å². The molecule has 0 aromatic heterocycles. The predicted molar refractivity (Wildman–Crippen MR) is 103 cm³/mol. The van der Waals surface area contributed by atoms with Crippen LogP contribution in [0.2, 0.25) is 0 Å². The predicted octanol–water partition coefficient (Wildman–Crippen LogP) is 2.81. The normalized spacial score (nSPS) is 16.0. The van der Waals surface area contributed by atoms with E-state index in [1.54, 1.807) is 4.90 Å². The van der Waals surface area contributed by atoms with E-state index >= 15 is 0 Å². The maximum atomic E-state index is 13.6. The molecular formula is C19H18F5N3O4S. The first-order chi connectivity index (χ1) is 14.9. The van der Waals surface area contributed by atoms with Crippen molar-refractivity contribution < 1.29 is 39.9 Å². The topological polar surface area (TPSA) is 79.0 Å². The average molecular weight is 479 g/mol. The Morgan fingerprint density at radius 2 is 1.62 bits per heavy atom. The minimum absolute atomic E-state index is 0.0325. The van der Waals surface area contributed by atoms with Gasteiger partial charge in [-0.2, -0.15) is 4.31 Å². The van der Waals surface area contributed by atoms with E-state index in [1.807, 2.05) is 0 Å². The van der Waals surface area contributed by atoms with Gasteiger partial charge < -0.3 is 10.1 Å². The van der Waals surface area contributed by atoms with Crippen molar-refractivity contribution in [1.82, 2.24) is 9.21 Å². The van der Waals surface area contributed by atoms with Gasteiger partial charge in [0.25, 0.3) is 0 Å². The largest absolute Gasteiger partial charge is 0.573 e. The first kappa shape index (κ1) is 23.9. The minimum atomic E-state index is -4.89. The number of piperazine rings is 1. The summed E-state index contributed by atoms with van der Waals surface area (Å²) in [5.41, 5.74) is -0.297. The molecular weight excluding hydrogens is 461 g/mol. The van der Waals surface area contributed by atoms with Crippen molar-refractivity contribution in [1.29, 1.82) is 0 Å². The third-order valence-electron chi connectivity index (χ3n) is 4.60. The molecule has 1 aliphatic heterocycles. The van der Waals surface area contributed by atoms with Gasteiger partial charge in [-0.1, -0.05) is 0 Å². The number of sulfonamides is 1. The molecule has 0 atom stereocenters. The Kier molecular flexibility index (Phi) is 7.00. The highest BCUT2D eigenvalue weighted by Crippen LogP contribution is 2.25. The van der Waals surface area contributed by atoms with Gasteiger partial charge in [-0.05, 0) is 36.4 Å². The van der Waals surface area contributed by atoms with Crippen LogP contribution >= 0.6 is 0 Å². The summed E-state index contributed by atoms with van der Waals surface area (Å²) in [6.45, 7) is 0.282. The van der Waals surface area contributed by atoms with E-state index in [0.29, 0.717) is 0 Å². The Balaban J connectivity index is 1.55. The van der Waals surface area contributed by atoms with E-state index in [4.69, 9.17) is 0 Å². The number of hydrogen-bond acceptors (Lipinski definition) is 5. The van der Waals surface area contributed by atoms with Crippen LogP contribution in [0.25, 0.3) is 0 Å². The van der Waals surface area contributed by atoms with E-state index in [-0.39, 0.29) is 43.3 Å². The summed E-state index contributed by atoms with van der Waals surface area (Å²) in [5, 5.41) is 2.27. The molecule has 32 heavy (non-hydrogen) atoms. The van der Waals surface area contributed by atoms with Crippen molar-refractivity contribution in [2.45, 2.75) is 11.3 Å². The molecule has 2 aromatic carbocycles. The number of halogens is 5. The SMILES string of the molecule is O=C(CN1CCN(S(=O)(=O)c2ccc(OC(F)(F)F)cc2)CC1)Nc1cc(F)ccc1F. The number of hydrogen-bond donors (Lipinski definition) is 1. The maximum Gasteiger partial charge on any atom is 0.573 e. The molecule has 1 N–H and O–H groups in total. The van der Waals surface area contributed by atoms with E-state index in [9.17, 15) is 35.2 Å². The van der Waals surface area contributed by atoms with Crippen molar-refractivity contribution in [3.8, 4) is 5.75 Å². The fraction of sp³-hybridized carbons (Fsp3) is 0.316. The number of alkyl halides is 3. The lowest BCUT2D eigenvalue weighted by Crippen LogP contribution is -2.50. The highest BCUT2D eigenvalue weighted by Gasteiger charge is 2.32. The van der Waals surface area contributed by atoms with Gasteiger partial charge in [0.05, 0.1) is 17.1 Å². The van der Waals surface area contributed by atoms with Gasteiger partial charge in [0, 0.05) is 32.2 Å². The number of carbonyl (C=O) groups is 1. The number of nitrogens with one attached hydrogen (secondary N) is 1. The van der Waals surface area contributed by atoms with Crippen molar-refractivity contribution >= 4 is 21.6 Å². The molecule has 1 aliphatic rings. The molecule has 0 aliphatic carbocycles. The summed E-state index contributed by atoms with van der Waals surface area (Å²) >= 11 is 0. The fourth-order valence-corrected chi connectivity index (χ4v) is 4.50. The van der Waals surface area contributed by atoms with Gasteiger partial charge in [0.15, 0.2) is 0 Å². The number of amides is 1. The summed E-state index contributed by atoms with van der Waals surface area (Å²) in [6.07, 6.45) is -4.89. The highest BCUT2D eigenvalue weighted by molar-refractivity contribution is 7.89. The molecule has 0 radical (unpaired) electrons. The van der Waals surface area contributed by atoms with E-state index in [1.165, 1.54) is 0 Å². The molecule has 7 nitrogen and oxygen atoms in total. The van der Waals surface area contributed by atoms with Gasteiger partial charge in [0.2, 0.25) is 15.9 Å². The Morgan fingerprint density at radius 3 is 2.22 bits per heavy atom. The molecule has 3 rings (SSSR count). The fourth-order valence-electron chi connectivity index (χ4n) is 3.08. The molecule has 1 amide bonds. The molecule has 0 unspecified atom stereocenters. The zero-order valence-corrected chi connectivity index (χ0v) is 17.2. The lowest BCUT2D eigenvalue weighted by atomic mass is 10.3. The molecule has 1 heterocycles. The van der Waals surface area contributed by atoms with Gasteiger partial charge >= 0.3 is 6.36 Å². The number of ether oxygens (including phenoxy) is 1. The third kappa shape index (κ3) is 6.14. The number of benzene rings is 2. The quantitative estimate of drug-likeness (QED) is 0.645. The van der Waals surface area contributed by atoms with Crippen LogP contribution < -0.4 is 10.1 Å². The molecule has 1 fully saturated rings. The van der Waals surface area contributed by atoms with E-state index in [2.05, 4.69) is 10.1 Å². The van der Waals surface area contributed by atoms with Gasteiger partial charge in [-0.15, -0.1) is 13.2 Å². The zero-order valence-electron chi connectivity index (χ0n) is 16.4. The van der Waals surface area contributed by atoms with Gasteiger partial charge in [-0.25, -0.2) is 17.2 Å². The Morgan fingerprint density at radius 1 is 1.00 bits per heavy atom. The Hall–Kier alpha value is -2.77. The summed E-state index contributed by atoms with van der Waals surface area (Å²) in [7, 11) is -3.96. The molecule has 174 valence electrons. The Labute approximate surface area is 180 Å². The summed E-state index contributed by atoms with van der Waals surface area (Å²) in [6, 6.07) is 6.51. The van der Waals surface area contributed by atoms with Crippen molar-refractivity contribution in [2.75, 3.05) is 38.0 Å². The number of nitrogens with zero attached hydrogens (tertiary/aromatic N) is 2. The minimum Gasteiger partial charge on any atom is -0.406 e. The number of rotatable bonds is 6. The third-order valence-corrected chi connectivity index (χ3v) is 6.51. The van der Waals surface area contributed by atoms with Crippen LogP contribution in [0.3, 0.4) is 0 Å². The lowest BCUT2D eigenvalue weighted by Gasteiger charge is -2.33. The molecule has 1 saturated heterocycles. The average Bonchev–Trinajstić information content (AvgIpc) is 2.70. The number of carbonyl (C=O) groups excluding carboxylic acids is 1. The van der Waals surface area contributed by atoms with E-state index in [0.717, 1.165) is 46.8 Å². The second-order valence-corrected chi connectivity index (χ2v) is 8.81. The molecule has 0 saturated carbocycles. The first-order valence-electron chi connectivity index (χ1n) is 9.27. The van der Waals surface area contributed by atoms with Crippen LogP contribution in [0, 0.1) is 11.6 Å². The lowest BCUT2D eigenvalue weighted by molar-refractivity contribution is -0.274.